The van der Waals surface area contributed by atoms with Crippen LogP contribution in [0, 0.1) is 6.42 Å². The van der Waals surface area contributed by atoms with Crippen molar-refractivity contribution in [2.45, 2.75) is 12.8 Å². The molecule has 0 spiro atoms. The number of nitrogens with one attached hydrogen (secondary N) is 1. The minimum Gasteiger partial charge on any atom is -0.366 e. The van der Waals surface area contributed by atoms with Gasteiger partial charge >= 0.3 is 0 Å². The highest BCUT2D eigenvalue weighted by Crippen LogP contribution is 2.19. The maximum Gasteiger partial charge on any atom is 0.248 e. The highest BCUT2D eigenvalue weighted by molar-refractivity contribution is 7.03. The minimum absolute atomic E-state index is 0.193. The third-order valence-corrected chi connectivity index (χ3v) is 4.28. The molecular formula is C19H17N4O2S. The quantitative estimate of drug-likeness (QED) is 0.672. The molecule has 1 heterocycles. The zero-order valence-electron chi connectivity index (χ0n) is 13.9. The van der Waals surface area contributed by atoms with Crippen molar-refractivity contribution in [3.63, 3.8) is 0 Å². The van der Waals surface area contributed by atoms with E-state index < -0.39 is 5.91 Å². The van der Waals surface area contributed by atoms with E-state index in [-0.39, 0.29) is 5.91 Å². The van der Waals surface area contributed by atoms with Gasteiger partial charge < -0.3 is 11.1 Å². The summed E-state index contributed by atoms with van der Waals surface area (Å²) in [4.78, 5) is 27.6. The Morgan fingerprint density at radius 3 is 2.58 bits per heavy atom. The predicted octanol–water partition coefficient (Wildman–Crippen LogP) is 3.08. The summed E-state index contributed by atoms with van der Waals surface area (Å²) in [5.41, 5.74) is 9.96. The van der Waals surface area contributed by atoms with Gasteiger partial charge in [0, 0.05) is 16.8 Å². The molecule has 0 unspecified atom stereocenters. The third-order valence-electron chi connectivity index (χ3n) is 3.80. The van der Waals surface area contributed by atoms with Crippen molar-refractivity contribution in [3.8, 4) is 11.4 Å². The Hall–Kier alpha value is -3.06. The number of carbonyl (C=O) groups excluding carboxylic acids is 2. The van der Waals surface area contributed by atoms with Crippen LogP contribution in [-0.4, -0.2) is 21.2 Å². The van der Waals surface area contributed by atoms with Gasteiger partial charge in [-0.1, -0.05) is 18.2 Å². The molecule has 131 valence electrons. The Labute approximate surface area is 155 Å². The van der Waals surface area contributed by atoms with Gasteiger partial charge in [-0.05, 0) is 60.3 Å². The molecule has 26 heavy (non-hydrogen) atoms. The van der Waals surface area contributed by atoms with Crippen molar-refractivity contribution in [1.29, 1.82) is 0 Å². The van der Waals surface area contributed by atoms with E-state index >= 15 is 0 Å². The monoisotopic (exact) mass is 365 g/mol. The smallest absolute Gasteiger partial charge is 0.248 e. The Morgan fingerprint density at radius 1 is 1.12 bits per heavy atom. The molecule has 0 aliphatic rings. The largest absolute Gasteiger partial charge is 0.366 e. The first-order valence-electron chi connectivity index (χ1n) is 8.02. The highest BCUT2D eigenvalue weighted by Gasteiger charge is 2.09. The maximum absolute atomic E-state index is 12.1. The number of nitrogens with two attached hydrogens (primary N) is 1. The molecule has 0 saturated carbocycles. The number of benzene rings is 2. The first-order chi connectivity index (χ1) is 12.6. The Morgan fingerprint density at radius 2 is 1.88 bits per heavy atom. The van der Waals surface area contributed by atoms with Gasteiger partial charge in [-0.15, -0.1) is 0 Å². The second-order valence-corrected chi connectivity index (χ2v) is 6.19. The lowest BCUT2D eigenvalue weighted by molar-refractivity contribution is -0.113. The highest BCUT2D eigenvalue weighted by atomic mass is 32.1. The lowest BCUT2D eigenvalue weighted by Gasteiger charge is -2.07. The minimum atomic E-state index is -0.459. The Bertz CT molecular complexity index is 892. The van der Waals surface area contributed by atoms with Crippen LogP contribution in [0.4, 0.5) is 5.69 Å². The first-order valence-corrected chi connectivity index (χ1v) is 8.86. The summed E-state index contributed by atoms with van der Waals surface area (Å²) in [5, 5.41) is 2.81. The average Bonchev–Trinajstić information content (AvgIpc) is 3.17. The van der Waals surface area contributed by atoms with E-state index in [0.717, 1.165) is 11.1 Å². The molecule has 7 heteroatoms. The molecule has 0 aliphatic carbocycles. The molecule has 0 saturated heterocycles. The summed E-state index contributed by atoms with van der Waals surface area (Å²) >= 11 is 1.29. The molecule has 2 aromatic carbocycles. The second kappa shape index (κ2) is 8.35. The van der Waals surface area contributed by atoms with Crippen LogP contribution in [0.2, 0.25) is 0 Å². The number of nitrogens with zero attached hydrogens (tertiary/aromatic N) is 2. The molecule has 0 aliphatic heterocycles. The van der Waals surface area contributed by atoms with E-state index in [2.05, 4.69) is 14.7 Å². The number of hydrogen-bond acceptors (Lipinski definition) is 5. The molecule has 3 rings (SSSR count). The lowest BCUT2D eigenvalue weighted by Crippen LogP contribution is -2.15. The van der Waals surface area contributed by atoms with Crippen molar-refractivity contribution < 1.29 is 9.59 Å². The van der Waals surface area contributed by atoms with Crippen LogP contribution in [0.25, 0.3) is 11.4 Å². The van der Waals surface area contributed by atoms with E-state index in [9.17, 15) is 9.59 Å². The topological polar surface area (TPSA) is 98.0 Å². The van der Waals surface area contributed by atoms with Gasteiger partial charge in [-0.25, -0.2) is 4.98 Å². The number of amides is 2. The van der Waals surface area contributed by atoms with Gasteiger partial charge in [0.1, 0.15) is 5.51 Å². The normalized spacial score (nSPS) is 10.5. The van der Waals surface area contributed by atoms with Crippen LogP contribution >= 0.6 is 11.5 Å². The van der Waals surface area contributed by atoms with Crippen molar-refractivity contribution in [2.75, 3.05) is 5.32 Å². The van der Waals surface area contributed by atoms with Gasteiger partial charge in [0.15, 0.2) is 5.82 Å². The molecule has 6 nitrogen and oxygen atoms in total. The number of primary amides is 1. The van der Waals surface area contributed by atoms with Crippen molar-refractivity contribution in [1.82, 2.24) is 9.36 Å². The fraction of sp³-hybridized carbons (Fsp3) is 0.105. The second-order valence-electron chi connectivity index (χ2n) is 5.59. The van der Waals surface area contributed by atoms with E-state index in [4.69, 9.17) is 5.73 Å². The molecule has 1 radical (unpaired) electrons. The van der Waals surface area contributed by atoms with Crippen LogP contribution < -0.4 is 11.1 Å². The summed E-state index contributed by atoms with van der Waals surface area (Å²) in [6.07, 6.45) is 2.64. The molecule has 3 N–H and O–H groups in total. The fourth-order valence-corrected chi connectivity index (χ4v) is 2.98. The van der Waals surface area contributed by atoms with Crippen molar-refractivity contribution >= 4 is 29.0 Å². The summed E-state index contributed by atoms with van der Waals surface area (Å²) < 4.78 is 4.17. The van der Waals surface area contributed by atoms with Crippen LogP contribution in [0.5, 0.6) is 0 Å². The van der Waals surface area contributed by atoms with E-state index in [1.54, 1.807) is 24.1 Å². The summed E-state index contributed by atoms with van der Waals surface area (Å²) in [7, 11) is 0. The van der Waals surface area contributed by atoms with Crippen LogP contribution in [0.1, 0.15) is 22.3 Å². The molecule has 3 aromatic rings. The van der Waals surface area contributed by atoms with E-state index in [0.29, 0.717) is 29.9 Å². The number of rotatable bonds is 7. The number of hydrogen-bond donors (Lipinski definition) is 2. The molecular weight excluding hydrogens is 348 g/mol. The lowest BCUT2D eigenvalue weighted by atomic mass is 10.0. The third kappa shape index (κ3) is 4.52. The summed E-state index contributed by atoms with van der Waals surface area (Å²) in [5.74, 6) is 0.0217. The number of aromatic nitrogens is 2. The molecule has 0 bridgehead atoms. The summed E-state index contributed by atoms with van der Waals surface area (Å²) in [6.45, 7) is 0. The summed E-state index contributed by atoms with van der Waals surface area (Å²) in [6, 6.07) is 14.5. The molecule has 2 amide bonds. The molecule has 0 atom stereocenters. The Balaban J connectivity index is 1.51. The molecule has 1 aromatic heterocycles. The Kier molecular flexibility index (Phi) is 5.70. The number of anilines is 1. The average molecular weight is 365 g/mol. The van der Waals surface area contributed by atoms with Crippen LogP contribution in [0.3, 0.4) is 0 Å². The zero-order valence-corrected chi connectivity index (χ0v) is 14.7. The van der Waals surface area contributed by atoms with Gasteiger partial charge in [0.05, 0.1) is 6.42 Å². The van der Waals surface area contributed by atoms with E-state index in [1.165, 1.54) is 11.5 Å². The van der Waals surface area contributed by atoms with Crippen LogP contribution in [0.15, 0.2) is 54.0 Å². The van der Waals surface area contributed by atoms with Gasteiger partial charge in [0.25, 0.3) is 0 Å². The fourth-order valence-electron chi connectivity index (χ4n) is 2.53. The van der Waals surface area contributed by atoms with Gasteiger partial charge in [0.2, 0.25) is 11.8 Å². The van der Waals surface area contributed by atoms with Gasteiger partial charge in [-0.3, -0.25) is 9.59 Å². The predicted molar refractivity (Wildman–Crippen MR) is 102 cm³/mol. The molecule has 0 fully saturated rings. The standard InChI is InChI=1S/C19H17N4O2S/c20-18(25)16-6-2-1-4-13(16)5-3-7-17(24)22-15-10-8-14(9-11-15)19-21-12-26-23-19/h1-2,4,6-12H,3,5H2,(H2,20,25)(H,22,24). The SMILES string of the molecule is NC(=O)c1ccccc1CC[CH]C(=O)Nc1ccc(-c2ncsn2)cc1. The zero-order chi connectivity index (χ0) is 18.4. The number of carbonyl (C=O) groups is 2. The maximum atomic E-state index is 12.1. The van der Waals surface area contributed by atoms with Gasteiger partial charge in [-0.2, -0.15) is 4.37 Å². The number of aryl methyl sites for hydroxylation is 1. The first kappa shape index (κ1) is 17.8. The van der Waals surface area contributed by atoms with Crippen molar-refractivity contribution in [3.05, 3.63) is 71.6 Å². The van der Waals surface area contributed by atoms with Crippen molar-refractivity contribution in [2.24, 2.45) is 5.73 Å². The van der Waals surface area contributed by atoms with E-state index in [1.807, 2.05) is 36.4 Å². The van der Waals surface area contributed by atoms with Crippen LogP contribution in [-0.2, 0) is 11.2 Å².